The summed E-state index contributed by atoms with van der Waals surface area (Å²) in [6, 6.07) is 0.802. The predicted molar refractivity (Wildman–Crippen MR) is 75.3 cm³/mol. The summed E-state index contributed by atoms with van der Waals surface area (Å²) in [4.78, 5) is 9.08. The molecule has 2 atom stereocenters. The Labute approximate surface area is 113 Å². The minimum absolute atomic E-state index is 0.776. The van der Waals surface area contributed by atoms with Gasteiger partial charge in [0.15, 0.2) is 5.13 Å². The number of hydrogen-bond acceptors (Lipinski definition) is 4. The first-order valence-corrected chi connectivity index (χ1v) is 8.07. The second kappa shape index (κ2) is 4.20. The summed E-state index contributed by atoms with van der Waals surface area (Å²) in [5, 5.41) is 4.61. The third-order valence-electron chi connectivity index (χ3n) is 4.67. The van der Waals surface area contributed by atoms with E-state index in [4.69, 9.17) is 4.98 Å². The van der Waals surface area contributed by atoms with Crippen LogP contribution in [-0.4, -0.2) is 24.6 Å². The number of thiazole rings is 1. The van der Waals surface area contributed by atoms with Crippen molar-refractivity contribution in [2.24, 2.45) is 5.92 Å². The molecule has 3 nitrogen and oxygen atoms in total. The van der Waals surface area contributed by atoms with Gasteiger partial charge < -0.3 is 10.2 Å². The second-order valence-electron chi connectivity index (χ2n) is 6.09. The fourth-order valence-corrected chi connectivity index (χ4v) is 4.83. The van der Waals surface area contributed by atoms with Gasteiger partial charge in [0.25, 0.3) is 0 Å². The molecule has 0 amide bonds. The summed E-state index contributed by atoms with van der Waals surface area (Å²) in [5.41, 5.74) is 1.41. The first kappa shape index (κ1) is 11.2. The van der Waals surface area contributed by atoms with E-state index in [1.807, 2.05) is 18.4 Å². The highest BCUT2D eigenvalue weighted by Gasteiger charge is 2.40. The lowest BCUT2D eigenvalue weighted by Crippen LogP contribution is -2.31. The molecule has 1 N–H and O–H groups in total. The van der Waals surface area contributed by atoms with Gasteiger partial charge >= 0.3 is 0 Å². The van der Waals surface area contributed by atoms with Crippen LogP contribution in [0.5, 0.6) is 0 Å². The summed E-state index contributed by atoms with van der Waals surface area (Å²) < 4.78 is 0. The SMILES string of the molecule is CNCc1sc(N2CC3CCC2C3)nc1C1CC1. The average Bonchev–Trinajstić information content (AvgIpc) is 2.85. The zero-order chi connectivity index (χ0) is 12.1. The molecule has 1 saturated heterocycles. The summed E-state index contributed by atoms with van der Waals surface area (Å²) in [6.45, 7) is 2.26. The zero-order valence-corrected chi connectivity index (χ0v) is 11.8. The fraction of sp³-hybridized carbons (Fsp3) is 0.786. The van der Waals surface area contributed by atoms with E-state index in [1.54, 1.807) is 0 Å². The van der Waals surface area contributed by atoms with Crippen LogP contribution in [0.1, 0.15) is 48.6 Å². The van der Waals surface area contributed by atoms with Crippen molar-refractivity contribution >= 4 is 16.5 Å². The minimum Gasteiger partial charge on any atom is -0.345 e. The van der Waals surface area contributed by atoms with Crippen LogP contribution in [0.15, 0.2) is 0 Å². The van der Waals surface area contributed by atoms with Crippen LogP contribution in [0.2, 0.25) is 0 Å². The van der Waals surface area contributed by atoms with Crippen LogP contribution in [-0.2, 0) is 6.54 Å². The van der Waals surface area contributed by atoms with Crippen LogP contribution in [0.25, 0.3) is 0 Å². The van der Waals surface area contributed by atoms with Crippen LogP contribution in [0, 0.1) is 5.92 Å². The second-order valence-corrected chi connectivity index (χ2v) is 7.16. The largest absolute Gasteiger partial charge is 0.345 e. The van der Waals surface area contributed by atoms with Gasteiger partial charge in [-0.25, -0.2) is 4.98 Å². The lowest BCUT2D eigenvalue weighted by molar-refractivity contribution is 0.552. The molecule has 0 spiro atoms. The monoisotopic (exact) mass is 263 g/mol. The highest BCUT2D eigenvalue weighted by atomic mass is 32.1. The predicted octanol–water partition coefficient (Wildman–Crippen LogP) is 2.73. The van der Waals surface area contributed by atoms with E-state index in [1.165, 1.54) is 54.4 Å². The van der Waals surface area contributed by atoms with Gasteiger partial charge in [-0.1, -0.05) is 0 Å². The Kier molecular flexibility index (Phi) is 2.62. The van der Waals surface area contributed by atoms with Crippen molar-refractivity contribution < 1.29 is 0 Å². The van der Waals surface area contributed by atoms with E-state index in [0.29, 0.717) is 0 Å². The summed E-state index contributed by atoms with van der Waals surface area (Å²) in [7, 11) is 2.04. The molecule has 1 aromatic rings. The fourth-order valence-electron chi connectivity index (χ4n) is 3.60. The minimum atomic E-state index is 0.776. The Morgan fingerprint density at radius 1 is 1.33 bits per heavy atom. The van der Waals surface area contributed by atoms with Gasteiger partial charge in [-0.15, -0.1) is 11.3 Å². The highest BCUT2D eigenvalue weighted by molar-refractivity contribution is 7.15. The van der Waals surface area contributed by atoms with Crippen molar-refractivity contribution in [2.45, 2.75) is 50.6 Å². The Bertz CT molecular complexity index is 452. The van der Waals surface area contributed by atoms with Gasteiger partial charge in [-0.2, -0.15) is 0 Å². The molecule has 2 heterocycles. The highest BCUT2D eigenvalue weighted by Crippen LogP contribution is 2.47. The van der Waals surface area contributed by atoms with E-state index in [-0.39, 0.29) is 0 Å². The van der Waals surface area contributed by atoms with E-state index in [2.05, 4.69) is 10.2 Å². The molecule has 2 saturated carbocycles. The molecule has 3 fully saturated rings. The van der Waals surface area contributed by atoms with Crippen molar-refractivity contribution in [2.75, 3.05) is 18.5 Å². The number of nitrogens with zero attached hydrogens (tertiary/aromatic N) is 2. The standard InChI is InChI=1S/C14H21N3S/c1-15-7-12-13(10-3-4-10)16-14(18-12)17-8-9-2-5-11(17)6-9/h9-11,15H,2-8H2,1H3. The zero-order valence-electron chi connectivity index (χ0n) is 11.0. The molecule has 1 aliphatic heterocycles. The number of piperidine rings is 1. The molecule has 2 bridgehead atoms. The third kappa shape index (κ3) is 1.77. The van der Waals surface area contributed by atoms with Crippen LogP contribution in [0.4, 0.5) is 5.13 Å². The molecule has 98 valence electrons. The number of nitrogens with one attached hydrogen (secondary N) is 1. The van der Waals surface area contributed by atoms with Gasteiger partial charge in [0.2, 0.25) is 0 Å². The lowest BCUT2D eigenvalue weighted by Gasteiger charge is -2.26. The van der Waals surface area contributed by atoms with E-state index in [0.717, 1.165) is 24.4 Å². The van der Waals surface area contributed by atoms with Gasteiger partial charge in [0.05, 0.1) is 5.69 Å². The molecule has 4 rings (SSSR count). The van der Waals surface area contributed by atoms with E-state index in [9.17, 15) is 0 Å². The van der Waals surface area contributed by atoms with Crippen LogP contribution >= 0.6 is 11.3 Å². The van der Waals surface area contributed by atoms with E-state index < -0.39 is 0 Å². The first-order chi connectivity index (χ1) is 8.85. The molecule has 3 aliphatic rings. The molecule has 0 aromatic carbocycles. The van der Waals surface area contributed by atoms with Gasteiger partial charge in [-0.05, 0) is 45.1 Å². The maximum Gasteiger partial charge on any atom is 0.186 e. The summed E-state index contributed by atoms with van der Waals surface area (Å²) >= 11 is 1.94. The average molecular weight is 263 g/mol. The number of fused-ring (bicyclic) bond motifs is 2. The first-order valence-electron chi connectivity index (χ1n) is 7.26. The van der Waals surface area contributed by atoms with Crippen molar-refractivity contribution in [3.8, 4) is 0 Å². The molecule has 1 aromatic heterocycles. The molecule has 4 heteroatoms. The topological polar surface area (TPSA) is 28.2 Å². The number of rotatable bonds is 4. The van der Waals surface area contributed by atoms with Crippen LogP contribution in [0.3, 0.4) is 0 Å². The molecule has 2 aliphatic carbocycles. The van der Waals surface area contributed by atoms with Crippen molar-refractivity contribution in [3.63, 3.8) is 0 Å². The number of hydrogen-bond donors (Lipinski definition) is 1. The Hall–Kier alpha value is -0.610. The molecular weight excluding hydrogens is 242 g/mol. The Morgan fingerprint density at radius 2 is 2.22 bits per heavy atom. The third-order valence-corrected chi connectivity index (χ3v) is 5.78. The molecule has 0 radical (unpaired) electrons. The van der Waals surface area contributed by atoms with Gasteiger partial charge in [-0.3, -0.25) is 0 Å². The van der Waals surface area contributed by atoms with E-state index >= 15 is 0 Å². The maximum atomic E-state index is 5.00. The van der Waals surface area contributed by atoms with Gasteiger partial charge in [0, 0.05) is 29.9 Å². The maximum absolute atomic E-state index is 5.00. The van der Waals surface area contributed by atoms with Gasteiger partial charge in [0.1, 0.15) is 0 Å². The Morgan fingerprint density at radius 3 is 2.83 bits per heavy atom. The number of aromatic nitrogens is 1. The smallest absolute Gasteiger partial charge is 0.186 e. The summed E-state index contributed by atoms with van der Waals surface area (Å²) in [5.74, 6) is 1.73. The molecule has 18 heavy (non-hydrogen) atoms. The lowest BCUT2D eigenvalue weighted by atomic mass is 10.1. The quantitative estimate of drug-likeness (QED) is 0.905. The van der Waals surface area contributed by atoms with Crippen LogP contribution < -0.4 is 10.2 Å². The summed E-state index contributed by atoms with van der Waals surface area (Å²) in [6.07, 6.45) is 6.97. The normalized spacial score (nSPS) is 30.4. The van der Waals surface area contributed by atoms with Crippen molar-refractivity contribution in [1.29, 1.82) is 0 Å². The van der Waals surface area contributed by atoms with Crippen molar-refractivity contribution in [1.82, 2.24) is 10.3 Å². The molecular formula is C14H21N3S. The number of anilines is 1. The van der Waals surface area contributed by atoms with Crippen molar-refractivity contribution in [3.05, 3.63) is 10.6 Å². The molecule has 2 unspecified atom stereocenters. The Balaban J connectivity index is 1.62.